The minimum absolute atomic E-state index is 0.130. The molecule has 1 rings (SSSR count). The van der Waals surface area contributed by atoms with Crippen molar-refractivity contribution in [2.75, 3.05) is 0 Å². The fraction of sp³-hybridized carbons (Fsp3) is 0.500. The molecule has 0 saturated heterocycles. The van der Waals surface area contributed by atoms with Crippen molar-refractivity contribution in [1.82, 2.24) is 0 Å². The van der Waals surface area contributed by atoms with Crippen LogP contribution in [0.15, 0.2) is 24.3 Å². The molecule has 0 aliphatic rings. The topological polar surface area (TPSA) is 17.1 Å². The van der Waals surface area contributed by atoms with Crippen molar-refractivity contribution in [2.45, 2.75) is 53.4 Å². The maximum atomic E-state index is 13.6. The Hall–Kier alpha value is -1.44. The molecule has 1 nitrogen and oxygen atoms in total. The van der Waals surface area contributed by atoms with Gasteiger partial charge in [-0.25, -0.2) is 4.39 Å². The molecule has 0 heterocycles. The zero-order chi connectivity index (χ0) is 15.1. The van der Waals surface area contributed by atoms with Crippen molar-refractivity contribution in [3.63, 3.8) is 0 Å². The third kappa shape index (κ3) is 4.03. The SMILES string of the molecule is CCC(=O)/C(=C/C(CC)CC)c1ccc(F)c(CC)c1. The van der Waals surface area contributed by atoms with Gasteiger partial charge in [-0.1, -0.05) is 39.8 Å². The number of rotatable bonds is 7. The smallest absolute Gasteiger partial charge is 0.162 e. The van der Waals surface area contributed by atoms with Gasteiger partial charge in [0.05, 0.1) is 0 Å². The zero-order valence-electron chi connectivity index (χ0n) is 13.0. The lowest BCUT2D eigenvalue weighted by Gasteiger charge is -2.13. The van der Waals surface area contributed by atoms with Crippen molar-refractivity contribution >= 4 is 11.4 Å². The summed E-state index contributed by atoms with van der Waals surface area (Å²) in [6.45, 7) is 8.04. The molecule has 20 heavy (non-hydrogen) atoms. The number of ketones is 1. The van der Waals surface area contributed by atoms with E-state index >= 15 is 0 Å². The van der Waals surface area contributed by atoms with Crippen LogP contribution in [0.1, 0.15) is 58.1 Å². The highest BCUT2D eigenvalue weighted by Crippen LogP contribution is 2.24. The molecular weight excluding hydrogens is 251 g/mol. The summed E-state index contributed by atoms with van der Waals surface area (Å²) in [4.78, 5) is 12.2. The first kappa shape index (κ1) is 16.6. The molecule has 1 aromatic carbocycles. The zero-order valence-corrected chi connectivity index (χ0v) is 13.0. The molecule has 0 aliphatic heterocycles. The Balaban J connectivity index is 3.27. The number of aryl methyl sites for hydroxylation is 1. The molecule has 0 spiro atoms. The second-order valence-electron chi connectivity index (χ2n) is 5.09. The van der Waals surface area contributed by atoms with Gasteiger partial charge in [0.2, 0.25) is 0 Å². The second-order valence-corrected chi connectivity index (χ2v) is 5.09. The van der Waals surface area contributed by atoms with Crippen LogP contribution >= 0.6 is 0 Å². The summed E-state index contributed by atoms with van der Waals surface area (Å²) in [7, 11) is 0. The number of benzene rings is 1. The van der Waals surface area contributed by atoms with Crippen molar-refractivity contribution < 1.29 is 9.18 Å². The first-order valence-electron chi connectivity index (χ1n) is 7.61. The highest BCUT2D eigenvalue weighted by atomic mass is 19.1. The van der Waals surface area contributed by atoms with Crippen LogP contribution in [0.25, 0.3) is 5.57 Å². The predicted molar refractivity (Wildman–Crippen MR) is 83.1 cm³/mol. The van der Waals surface area contributed by atoms with Crippen LogP contribution in [0.2, 0.25) is 0 Å². The Bertz CT molecular complexity index is 484. The molecule has 1 aromatic rings. The Morgan fingerprint density at radius 2 is 1.85 bits per heavy atom. The average Bonchev–Trinajstić information content (AvgIpc) is 2.48. The van der Waals surface area contributed by atoms with E-state index < -0.39 is 0 Å². The lowest BCUT2D eigenvalue weighted by Crippen LogP contribution is -2.04. The quantitative estimate of drug-likeness (QED) is 0.627. The number of allylic oxidation sites excluding steroid dienone is 2. The molecule has 0 aromatic heterocycles. The van der Waals surface area contributed by atoms with Gasteiger partial charge < -0.3 is 0 Å². The van der Waals surface area contributed by atoms with E-state index in [-0.39, 0.29) is 11.6 Å². The van der Waals surface area contributed by atoms with Crippen LogP contribution in [0.4, 0.5) is 4.39 Å². The third-order valence-electron chi connectivity index (χ3n) is 3.81. The highest BCUT2D eigenvalue weighted by molar-refractivity contribution is 6.20. The number of hydrogen-bond acceptors (Lipinski definition) is 1. The molecule has 0 atom stereocenters. The summed E-state index contributed by atoms with van der Waals surface area (Å²) in [6, 6.07) is 5.01. The molecule has 2 heteroatoms. The molecule has 0 radical (unpaired) electrons. The molecule has 0 amide bonds. The standard InChI is InChI=1S/C18H25FO/c1-5-13(6-2)11-16(18(20)8-4)15-9-10-17(19)14(7-3)12-15/h9-13H,5-8H2,1-4H3/b16-11+. The van der Waals surface area contributed by atoms with E-state index in [4.69, 9.17) is 0 Å². The summed E-state index contributed by atoms with van der Waals surface area (Å²) < 4.78 is 13.6. The molecule has 0 bridgehead atoms. The Kier molecular flexibility index (Phi) is 6.63. The number of halogens is 1. The minimum atomic E-state index is -0.193. The molecule has 0 saturated carbocycles. The van der Waals surface area contributed by atoms with Crippen molar-refractivity contribution in [1.29, 1.82) is 0 Å². The first-order valence-corrected chi connectivity index (χ1v) is 7.61. The number of hydrogen-bond donors (Lipinski definition) is 0. The predicted octanol–water partition coefficient (Wildman–Crippen LogP) is 5.19. The summed E-state index contributed by atoms with van der Waals surface area (Å²) in [5.41, 5.74) is 2.26. The van der Waals surface area contributed by atoms with Crippen molar-refractivity contribution in [2.24, 2.45) is 5.92 Å². The van der Waals surface area contributed by atoms with Gasteiger partial charge in [-0.3, -0.25) is 4.79 Å². The average molecular weight is 276 g/mol. The van der Waals surface area contributed by atoms with E-state index in [1.165, 1.54) is 6.07 Å². The second kappa shape index (κ2) is 7.98. The van der Waals surface area contributed by atoms with Crippen LogP contribution in [0, 0.1) is 11.7 Å². The van der Waals surface area contributed by atoms with Crippen LogP contribution in [-0.2, 0) is 11.2 Å². The Labute approximate surface area is 121 Å². The Morgan fingerprint density at radius 3 is 2.35 bits per heavy atom. The van der Waals surface area contributed by atoms with E-state index in [0.29, 0.717) is 24.3 Å². The van der Waals surface area contributed by atoms with E-state index in [9.17, 15) is 9.18 Å². The molecule has 0 N–H and O–H groups in total. The monoisotopic (exact) mass is 276 g/mol. The summed E-state index contributed by atoms with van der Waals surface area (Å²) in [5, 5.41) is 0. The van der Waals surface area contributed by atoms with Crippen LogP contribution < -0.4 is 0 Å². The first-order chi connectivity index (χ1) is 9.57. The fourth-order valence-electron chi connectivity index (χ4n) is 2.31. The number of carbonyl (C=O) groups excluding carboxylic acids is 1. The van der Waals surface area contributed by atoms with E-state index in [2.05, 4.69) is 19.9 Å². The van der Waals surface area contributed by atoms with Gasteiger partial charge >= 0.3 is 0 Å². The summed E-state index contributed by atoms with van der Waals surface area (Å²) >= 11 is 0. The van der Waals surface area contributed by atoms with Gasteiger partial charge in [-0.15, -0.1) is 0 Å². The van der Waals surface area contributed by atoms with Crippen molar-refractivity contribution in [3.8, 4) is 0 Å². The van der Waals surface area contributed by atoms with Gasteiger partial charge in [0.25, 0.3) is 0 Å². The molecular formula is C18H25FO. The van der Waals surface area contributed by atoms with E-state index in [1.807, 2.05) is 19.9 Å². The number of carbonyl (C=O) groups is 1. The molecule has 0 aliphatic carbocycles. The van der Waals surface area contributed by atoms with E-state index in [1.54, 1.807) is 6.07 Å². The summed E-state index contributed by atoms with van der Waals surface area (Å²) in [6.07, 6.45) is 5.21. The maximum absolute atomic E-state index is 13.6. The number of Topliss-reactive ketones (excluding diaryl/α,β-unsaturated/α-hetero) is 1. The fourth-order valence-corrected chi connectivity index (χ4v) is 2.31. The van der Waals surface area contributed by atoms with Crippen LogP contribution in [0.3, 0.4) is 0 Å². The van der Waals surface area contributed by atoms with Gasteiger partial charge in [-0.05, 0) is 48.4 Å². The van der Waals surface area contributed by atoms with Gasteiger partial charge in [0.15, 0.2) is 5.78 Å². The largest absolute Gasteiger partial charge is 0.294 e. The van der Waals surface area contributed by atoms with Gasteiger partial charge in [0.1, 0.15) is 5.82 Å². The lowest BCUT2D eigenvalue weighted by atomic mass is 9.92. The van der Waals surface area contributed by atoms with E-state index in [0.717, 1.165) is 24.0 Å². The maximum Gasteiger partial charge on any atom is 0.162 e. The minimum Gasteiger partial charge on any atom is -0.294 e. The lowest BCUT2D eigenvalue weighted by molar-refractivity contribution is -0.113. The summed E-state index contributed by atoms with van der Waals surface area (Å²) in [5.74, 6) is 0.336. The van der Waals surface area contributed by atoms with Crippen LogP contribution in [0.5, 0.6) is 0 Å². The van der Waals surface area contributed by atoms with Gasteiger partial charge in [-0.2, -0.15) is 0 Å². The highest BCUT2D eigenvalue weighted by Gasteiger charge is 2.14. The van der Waals surface area contributed by atoms with Crippen molar-refractivity contribution in [3.05, 3.63) is 41.2 Å². The normalized spacial score (nSPS) is 12.0. The van der Waals surface area contributed by atoms with Crippen LogP contribution in [-0.4, -0.2) is 5.78 Å². The van der Waals surface area contributed by atoms with Gasteiger partial charge in [0, 0.05) is 12.0 Å². The molecule has 0 unspecified atom stereocenters. The molecule has 110 valence electrons. The Morgan fingerprint density at radius 1 is 1.20 bits per heavy atom. The molecule has 0 fully saturated rings. The third-order valence-corrected chi connectivity index (χ3v) is 3.81.